The van der Waals surface area contributed by atoms with Gasteiger partial charge in [-0.25, -0.2) is 9.59 Å². The van der Waals surface area contributed by atoms with E-state index in [1.807, 2.05) is 129 Å². The van der Waals surface area contributed by atoms with Gasteiger partial charge < -0.3 is 89.5 Å². The summed E-state index contributed by atoms with van der Waals surface area (Å²) in [5.41, 5.74) is 19.4. The number of anilines is 2. The predicted molar refractivity (Wildman–Crippen MR) is 452 cm³/mol. The number of methoxy groups -OCH3 is 2. The number of aliphatic hydroxyl groups is 2. The molecule has 119 heavy (non-hydrogen) atoms. The molecule has 0 spiro atoms. The van der Waals surface area contributed by atoms with E-state index in [1.54, 1.807) is 61.6 Å². The van der Waals surface area contributed by atoms with Gasteiger partial charge in [0.1, 0.15) is 41.9 Å². The Morgan fingerprint density at radius 2 is 1.09 bits per heavy atom. The minimum atomic E-state index is -1.20. The number of hydrogen-bond acceptors (Lipinski definition) is 28. The van der Waals surface area contributed by atoms with Crippen LogP contribution in [0.5, 0.6) is 0 Å². The van der Waals surface area contributed by atoms with Crippen LogP contribution >= 0.6 is 12.1 Å². The van der Waals surface area contributed by atoms with Gasteiger partial charge in [0.25, 0.3) is 0 Å². The molecule has 2 aromatic carbocycles. The van der Waals surface area contributed by atoms with E-state index in [0.29, 0.717) is 122 Å². The van der Waals surface area contributed by atoms with E-state index in [0.717, 1.165) is 23.2 Å². The number of fused-ring (bicyclic) bond motifs is 2. The van der Waals surface area contributed by atoms with Crippen LogP contribution in [-0.2, 0) is 73.1 Å². The van der Waals surface area contributed by atoms with Crippen molar-refractivity contribution in [2.45, 2.75) is 276 Å². The molecule has 6 unspecified atom stereocenters. The Labute approximate surface area is 707 Å². The van der Waals surface area contributed by atoms with Gasteiger partial charge in [-0.2, -0.15) is 3.89 Å². The second-order valence-electron chi connectivity index (χ2n) is 34.0. The summed E-state index contributed by atoms with van der Waals surface area (Å²) in [5, 5.41) is 42.0. The van der Waals surface area contributed by atoms with E-state index in [4.69, 9.17) is 70.8 Å². The highest BCUT2D eigenvalue weighted by molar-refractivity contribution is 7.93. The summed E-state index contributed by atoms with van der Waals surface area (Å²) in [6, 6.07) is 13.3. The number of ketones is 2. The van der Waals surface area contributed by atoms with Crippen molar-refractivity contribution >= 4 is 59.2 Å². The van der Waals surface area contributed by atoms with E-state index in [-0.39, 0.29) is 48.3 Å². The minimum absolute atomic E-state index is 0.00373. The van der Waals surface area contributed by atoms with Crippen LogP contribution in [0.25, 0.3) is 21.7 Å². The number of aromatic nitrogens is 3. The number of unbranched alkanes of at least 4 members (excludes halogenated alkanes) is 2. The number of rotatable bonds is 21. The lowest BCUT2D eigenvalue weighted by atomic mass is 9.78. The van der Waals surface area contributed by atoms with Gasteiger partial charge in [0.15, 0.2) is 35.3 Å². The summed E-state index contributed by atoms with van der Waals surface area (Å²) in [6.45, 7) is 29.1. The molecule has 0 bridgehead atoms. The normalized spacial score (nSPS) is 34.5. The number of terminal acetylenes is 1. The number of carbonyl (C=O) groups is 6. The van der Waals surface area contributed by atoms with Crippen molar-refractivity contribution < 1.29 is 90.2 Å². The number of nitrogen functional groups attached to an aromatic ring is 2. The molecule has 0 aliphatic carbocycles. The van der Waals surface area contributed by atoms with Gasteiger partial charge in [-0.05, 0) is 209 Å². The van der Waals surface area contributed by atoms with Crippen LogP contribution in [0.4, 0.5) is 24.8 Å². The summed E-state index contributed by atoms with van der Waals surface area (Å²) < 4.78 is 74.2. The van der Waals surface area contributed by atoms with Crippen LogP contribution in [0.2, 0.25) is 0 Å². The van der Waals surface area contributed by atoms with Crippen LogP contribution in [0.15, 0.2) is 59.8 Å². The van der Waals surface area contributed by atoms with Gasteiger partial charge in [0, 0.05) is 123 Å². The molecular weight excluding hydrogens is 1560 g/mol. The van der Waals surface area contributed by atoms with Crippen molar-refractivity contribution in [3.63, 3.8) is 0 Å². The number of nitrogens with one attached hydrogen (secondary N) is 2. The lowest BCUT2D eigenvalue weighted by Crippen LogP contribution is -2.59. The van der Waals surface area contributed by atoms with Crippen LogP contribution in [0.1, 0.15) is 167 Å². The molecule has 0 radical (unpaired) electrons. The van der Waals surface area contributed by atoms with E-state index < -0.39 is 143 Å². The second-order valence-corrected chi connectivity index (χ2v) is 34.3. The van der Waals surface area contributed by atoms with Gasteiger partial charge in [0.2, 0.25) is 0 Å². The van der Waals surface area contributed by atoms with Crippen molar-refractivity contribution in [3.05, 3.63) is 70.7 Å². The van der Waals surface area contributed by atoms with Gasteiger partial charge in [-0.1, -0.05) is 76.0 Å². The van der Waals surface area contributed by atoms with Crippen LogP contribution < -0.4 is 22.1 Å². The lowest BCUT2D eigenvalue weighted by Gasteiger charge is -2.46. The van der Waals surface area contributed by atoms with Crippen molar-refractivity contribution in [3.8, 4) is 23.6 Å². The fourth-order valence-electron chi connectivity index (χ4n) is 17.4. The highest BCUT2D eigenvalue weighted by atomic mass is 32.2. The average molecular weight is 1690 g/mol. The molecule has 668 valence electrons. The zero-order chi connectivity index (χ0) is 88.6. The second kappa shape index (κ2) is 46.2. The Morgan fingerprint density at radius 1 is 0.672 bits per heavy atom. The SMILES string of the molecule is C#Cc1cccc(N)c1.CC[C@H]1OC(=O)[C@H](C)C(=O)[C@H](C)[C@@H](O[C@@H]2OC(C)CC(N(C)C)C2O)[C@](C)(OC)C[C@@H](C)CNC[C@H]2N(CCCCN=[N+]=[N-])C(=O)O[C@]12C.CC[C@H]1OC(=O)[C@H](C)C(=O)[C@H](C)[C@@H](O[C@@H]2OC(C)CC(N(C)C)C2O)[C@](C)(OC)C[C@@H](C)CNC[C@H]2N(CCCCn3cc(-c4cccc(N)c4)nn3)C(=O)O[C@]12C.CSF. The Hall–Kier alpha value is -7.33. The number of amides is 2. The molecule has 6 saturated heterocycles. The first-order valence-corrected chi connectivity index (χ1v) is 42.9. The van der Waals surface area contributed by atoms with Gasteiger partial charge in [-0.3, -0.25) is 33.7 Å². The topological polar surface area (TPSA) is 404 Å². The number of cyclic esters (lactones) is 2. The number of aryl methyl sites for hydroxylation is 1. The third-order valence-electron chi connectivity index (χ3n) is 24.3. The first-order chi connectivity index (χ1) is 56.2. The summed E-state index contributed by atoms with van der Waals surface area (Å²) in [7, 11) is 10.7. The Morgan fingerprint density at radius 3 is 1.48 bits per heavy atom. The molecule has 7 heterocycles. The van der Waals surface area contributed by atoms with E-state index in [1.165, 1.54) is 20.1 Å². The number of nitrogens with zero attached hydrogens (tertiary/aromatic N) is 10. The highest BCUT2D eigenvalue weighted by Crippen LogP contribution is 2.43. The smallest absolute Gasteiger partial charge is 0.410 e. The lowest BCUT2D eigenvalue weighted by molar-refractivity contribution is -0.295. The van der Waals surface area contributed by atoms with Gasteiger partial charge in [-0.15, -0.1) is 11.5 Å². The zero-order valence-electron chi connectivity index (χ0n) is 73.9. The molecule has 6 aliphatic rings. The van der Waals surface area contributed by atoms with Crippen molar-refractivity contribution in [1.29, 1.82) is 0 Å². The molecule has 8 N–H and O–H groups in total. The molecule has 6 aliphatic heterocycles. The number of aliphatic hydroxyl groups excluding tert-OH is 2. The molecule has 32 nitrogen and oxygen atoms in total. The fourth-order valence-corrected chi connectivity index (χ4v) is 17.4. The Balaban J connectivity index is 0.000000327. The maximum Gasteiger partial charge on any atom is 0.410 e. The number of azide groups is 1. The first kappa shape index (κ1) is 100. The molecule has 9 rings (SSSR count). The van der Waals surface area contributed by atoms with Crippen LogP contribution in [0, 0.1) is 47.9 Å². The standard InChI is InChI=1S/C42H67N7O9.C34H60N6O9.C8H7N.CH3FS/c1-11-34-42(7)33(49(40(53)58-42)18-13-12-17-48-24-31(45-46-48)29-15-14-16-30(43)20-29)23-44-22-25(2)21-41(6,54-10)37(27(4)35(50)28(5)38(52)56-34)57-39-36(51)32(47(8)9)19-26(3)55-39;1-11-26-34(7)25(40(32(44)49-34)15-13-12-14-37-38-35)19-36-18-20(2)17-33(6,45-10)29(22(4)27(41)23(5)30(43)47-26)48-31-28(42)24(39(8)9)16-21(3)46-31;1-2-7-4-3-5-8(9)6-7;1-3-2/h14-16,20,24-28,32-34,36-37,39,44,51H,11-13,17-19,21-23,43H2,1-10H3;20-26,28-29,31,36,42H,11-19H2,1-10H3;1,3-6H,9H2;1H3/t25-,26?,27+,28-,32?,33-,34-,36?,37-,39+,41-,42+;20-,21?,22+,23-,24?,25-,26-,28?,29-,31+,33-,34+;;/m11../s1. The van der Waals surface area contributed by atoms with Crippen molar-refractivity contribution in [1.82, 2.24) is 45.2 Å². The average Bonchev–Trinajstić information content (AvgIpc) is 1.30. The van der Waals surface area contributed by atoms with Crippen LogP contribution in [-0.4, -0.2) is 283 Å². The first-order valence-electron chi connectivity index (χ1n) is 41.7. The highest BCUT2D eigenvalue weighted by Gasteiger charge is 2.59. The number of likely N-dealkylation sites (N-methyl/N-ethyl adjacent to an activating group) is 2. The van der Waals surface area contributed by atoms with Crippen molar-refractivity contribution in [2.75, 3.05) is 106 Å². The number of Topliss-reactive ketones (excluding diaryl/α,β-unsaturated/α-hetero) is 2. The third kappa shape index (κ3) is 26.1. The Kier molecular flexibility index (Phi) is 39.0. The number of nitrogens with two attached hydrogens (primary N) is 2. The number of esters is 2. The summed E-state index contributed by atoms with van der Waals surface area (Å²) in [6.07, 6.45) is 4.92. The zero-order valence-corrected chi connectivity index (χ0v) is 74.7. The maximum atomic E-state index is 14.3. The molecule has 2 amide bonds. The maximum absolute atomic E-state index is 14.3. The van der Waals surface area contributed by atoms with Gasteiger partial charge >= 0.3 is 24.1 Å². The van der Waals surface area contributed by atoms with E-state index in [2.05, 4.69) is 50.7 Å². The van der Waals surface area contributed by atoms with Crippen LogP contribution in [0.3, 0.4) is 0 Å². The number of benzene rings is 2. The molecular formula is C85H137FN14O18S. The Bertz CT molecular complexity index is 3840. The van der Waals surface area contributed by atoms with E-state index >= 15 is 0 Å². The molecule has 3 aromatic rings. The van der Waals surface area contributed by atoms with E-state index in [9.17, 15) is 42.9 Å². The third-order valence-corrected chi connectivity index (χ3v) is 24.3. The molecule has 34 heteroatoms. The summed E-state index contributed by atoms with van der Waals surface area (Å²) >= 11 is 0.250. The van der Waals surface area contributed by atoms with Crippen molar-refractivity contribution in [2.24, 2.45) is 40.6 Å². The molecule has 0 saturated carbocycles. The number of hydrogen-bond donors (Lipinski definition) is 6. The van der Waals surface area contributed by atoms with Gasteiger partial charge in [0.05, 0.1) is 53.9 Å². The predicted octanol–water partition coefficient (Wildman–Crippen LogP) is 10.0. The summed E-state index contributed by atoms with van der Waals surface area (Å²) in [4.78, 5) is 93.2. The summed E-state index contributed by atoms with van der Waals surface area (Å²) in [5.74, 6) is -3.78. The quantitative estimate of drug-likeness (QED) is 0.00664. The number of ether oxygens (including phenoxy) is 10. The molecule has 6 fully saturated rings. The number of halogens is 1. The largest absolute Gasteiger partial charge is 0.458 e. The number of carbonyl (C=O) groups excluding carboxylic acids is 6. The molecule has 24 atom stereocenters. The minimum Gasteiger partial charge on any atom is -0.458 e. The monoisotopic (exact) mass is 1690 g/mol. The fraction of sp³-hybridized carbons (Fsp3) is 0.741. The molecule has 1 aromatic heterocycles.